The maximum Gasteiger partial charge on any atom is 0.419 e. The van der Waals surface area contributed by atoms with Crippen molar-refractivity contribution in [2.24, 2.45) is 5.92 Å². The maximum absolute atomic E-state index is 12.1. The highest BCUT2D eigenvalue weighted by atomic mass is 16.4. The van der Waals surface area contributed by atoms with Crippen molar-refractivity contribution in [2.45, 2.75) is 70.6 Å². The summed E-state index contributed by atoms with van der Waals surface area (Å²) in [7, 11) is 0. The first kappa shape index (κ1) is 18.3. The molecule has 1 aromatic carbocycles. The summed E-state index contributed by atoms with van der Waals surface area (Å²) in [5, 5.41) is 3.22. The summed E-state index contributed by atoms with van der Waals surface area (Å²) in [6.45, 7) is 5.56. The zero-order chi connectivity index (χ0) is 19.0. The smallest absolute Gasteiger partial charge is 0.408 e. The topological polar surface area (TPSA) is 67.5 Å². The molecule has 0 saturated carbocycles. The second kappa shape index (κ2) is 7.50. The standard InChI is InChI=1S/C21H29N3O3/c1-14(2)20(25)22-15-12-16-8-9-17(13-15)23(16)10-5-11-24-18-6-3-4-7-19(18)27-21(24)26/h3-4,6-7,14-17H,5,8-13H2,1-2H3,(H,22,25)/t15?,16-,17?/m0/s1. The monoisotopic (exact) mass is 371 g/mol. The van der Waals surface area contributed by atoms with Crippen molar-refractivity contribution < 1.29 is 9.21 Å². The number of carbonyl (C=O) groups is 1. The molecule has 0 aliphatic carbocycles. The van der Waals surface area contributed by atoms with Gasteiger partial charge in [-0.2, -0.15) is 0 Å². The molecule has 2 unspecified atom stereocenters. The number of piperidine rings is 1. The molecule has 6 nitrogen and oxygen atoms in total. The first-order valence-corrected chi connectivity index (χ1v) is 10.2. The number of amides is 1. The molecule has 4 rings (SSSR count). The predicted molar refractivity (Wildman–Crippen MR) is 105 cm³/mol. The SMILES string of the molecule is CC(C)C(=O)NC1CC2CC[C@@H](C1)N2CCCn1c(=O)oc2ccccc21. The molecule has 27 heavy (non-hydrogen) atoms. The lowest BCUT2D eigenvalue weighted by Gasteiger charge is -2.39. The van der Waals surface area contributed by atoms with Gasteiger partial charge >= 0.3 is 5.76 Å². The summed E-state index contributed by atoms with van der Waals surface area (Å²) in [4.78, 5) is 26.7. The van der Waals surface area contributed by atoms with Crippen molar-refractivity contribution in [3.8, 4) is 0 Å². The van der Waals surface area contributed by atoms with E-state index in [-0.39, 0.29) is 17.6 Å². The van der Waals surface area contributed by atoms with E-state index in [9.17, 15) is 9.59 Å². The molecule has 1 N–H and O–H groups in total. The van der Waals surface area contributed by atoms with Crippen LogP contribution >= 0.6 is 0 Å². The third-order valence-electron chi connectivity index (χ3n) is 6.13. The fourth-order valence-corrected chi connectivity index (χ4v) is 4.76. The molecular formula is C21H29N3O3. The van der Waals surface area contributed by atoms with E-state index in [0.717, 1.165) is 31.3 Å². The Morgan fingerprint density at radius 3 is 2.59 bits per heavy atom. The normalized spacial score (nSPS) is 25.4. The maximum atomic E-state index is 12.1. The first-order chi connectivity index (χ1) is 13.0. The highest BCUT2D eigenvalue weighted by Crippen LogP contribution is 2.35. The van der Waals surface area contributed by atoms with Gasteiger partial charge in [-0.1, -0.05) is 26.0 Å². The lowest BCUT2D eigenvalue weighted by Crippen LogP contribution is -2.51. The summed E-state index contributed by atoms with van der Waals surface area (Å²) in [5.41, 5.74) is 1.53. The lowest BCUT2D eigenvalue weighted by molar-refractivity contribution is -0.125. The number of fused-ring (bicyclic) bond motifs is 3. The molecule has 2 saturated heterocycles. The van der Waals surface area contributed by atoms with E-state index in [0.29, 0.717) is 30.3 Å². The summed E-state index contributed by atoms with van der Waals surface area (Å²) in [5.74, 6) is -0.0582. The van der Waals surface area contributed by atoms with Gasteiger partial charge in [0, 0.05) is 37.1 Å². The van der Waals surface area contributed by atoms with Crippen molar-refractivity contribution in [1.29, 1.82) is 0 Å². The van der Waals surface area contributed by atoms with Crippen molar-refractivity contribution in [3.05, 3.63) is 34.8 Å². The Labute approximate surface area is 159 Å². The third-order valence-corrected chi connectivity index (χ3v) is 6.13. The summed E-state index contributed by atoms with van der Waals surface area (Å²) in [6, 6.07) is 9.02. The van der Waals surface area contributed by atoms with Crippen molar-refractivity contribution >= 4 is 17.0 Å². The van der Waals surface area contributed by atoms with E-state index in [1.165, 1.54) is 12.8 Å². The van der Waals surface area contributed by atoms with Crippen LogP contribution in [0.4, 0.5) is 0 Å². The Balaban J connectivity index is 1.34. The second-order valence-corrected chi connectivity index (χ2v) is 8.30. The molecular weight excluding hydrogens is 342 g/mol. The molecule has 0 spiro atoms. The van der Waals surface area contributed by atoms with Gasteiger partial charge in [-0.15, -0.1) is 0 Å². The molecule has 2 aliphatic heterocycles. The van der Waals surface area contributed by atoms with Crippen LogP contribution in [0.25, 0.3) is 11.1 Å². The zero-order valence-electron chi connectivity index (χ0n) is 16.2. The molecule has 3 atom stereocenters. The number of hydrogen-bond donors (Lipinski definition) is 1. The van der Waals surface area contributed by atoms with Gasteiger partial charge in [-0.05, 0) is 44.2 Å². The van der Waals surface area contributed by atoms with Crippen LogP contribution in [0.5, 0.6) is 0 Å². The molecule has 1 amide bonds. The van der Waals surface area contributed by atoms with Crippen LogP contribution in [-0.4, -0.2) is 40.0 Å². The Morgan fingerprint density at radius 1 is 1.19 bits per heavy atom. The van der Waals surface area contributed by atoms with E-state index in [4.69, 9.17) is 4.42 Å². The molecule has 1 aromatic heterocycles. The van der Waals surface area contributed by atoms with E-state index in [2.05, 4.69) is 10.2 Å². The number of aryl methyl sites for hydroxylation is 1. The lowest BCUT2D eigenvalue weighted by atomic mass is 9.96. The fraction of sp³-hybridized carbons (Fsp3) is 0.619. The summed E-state index contributed by atoms with van der Waals surface area (Å²) >= 11 is 0. The zero-order valence-corrected chi connectivity index (χ0v) is 16.2. The Morgan fingerprint density at radius 2 is 1.89 bits per heavy atom. The molecule has 3 heterocycles. The van der Waals surface area contributed by atoms with E-state index >= 15 is 0 Å². The number of nitrogens with zero attached hydrogens (tertiary/aromatic N) is 2. The van der Waals surface area contributed by atoms with E-state index in [1.54, 1.807) is 4.57 Å². The van der Waals surface area contributed by atoms with Crippen molar-refractivity contribution in [2.75, 3.05) is 6.54 Å². The van der Waals surface area contributed by atoms with Gasteiger partial charge in [-0.3, -0.25) is 14.3 Å². The molecule has 2 aliphatic rings. The van der Waals surface area contributed by atoms with Gasteiger partial charge in [0.05, 0.1) is 5.52 Å². The number of carbonyl (C=O) groups excluding carboxylic acids is 1. The number of nitrogens with one attached hydrogen (secondary N) is 1. The Bertz CT molecular complexity index is 855. The molecule has 2 fully saturated rings. The number of oxazole rings is 1. The van der Waals surface area contributed by atoms with Gasteiger partial charge in [0.1, 0.15) is 0 Å². The van der Waals surface area contributed by atoms with Gasteiger partial charge in [0.15, 0.2) is 5.58 Å². The molecule has 146 valence electrons. The quantitative estimate of drug-likeness (QED) is 0.848. The Hall–Kier alpha value is -2.08. The van der Waals surface area contributed by atoms with Crippen LogP contribution in [0, 0.1) is 5.92 Å². The van der Waals surface area contributed by atoms with Crippen LogP contribution in [0.2, 0.25) is 0 Å². The molecule has 6 heteroatoms. The van der Waals surface area contributed by atoms with Crippen molar-refractivity contribution in [1.82, 2.24) is 14.8 Å². The molecule has 2 bridgehead atoms. The number of aromatic nitrogens is 1. The number of hydrogen-bond acceptors (Lipinski definition) is 4. The predicted octanol–water partition coefficient (Wildman–Crippen LogP) is 2.75. The first-order valence-electron chi connectivity index (χ1n) is 10.2. The minimum absolute atomic E-state index is 0.0452. The highest BCUT2D eigenvalue weighted by molar-refractivity contribution is 5.78. The average Bonchev–Trinajstić information content (AvgIpc) is 3.07. The van der Waals surface area contributed by atoms with E-state index in [1.807, 2.05) is 38.1 Å². The van der Waals surface area contributed by atoms with Crippen LogP contribution in [0.1, 0.15) is 46.0 Å². The van der Waals surface area contributed by atoms with Crippen LogP contribution < -0.4 is 11.1 Å². The molecule has 0 radical (unpaired) electrons. The van der Waals surface area contributed by atoms with Gasteiger partial charge < -0.3 is 9.73 Å². The third kappa shape index (κ3) is 3.68. The number of benzene rings is 1. The van der Waals surface area contributed by atoms with Crippen LogP contribution in [0.15, 0.2) is 33.5 Å². The average molecular weight is 371 g/mol. The summed E-state index contributed by atoms with van der Waals surface area (Å²) < 4.78 is 7.06. The minimum atomic E-state index is -0.269. The summed E-state index contributed by atoms with van der Waals surface area (Å²) in [6.07, 6.45) is 5.45. The van der Waals surface area contributed by atoms with Gasteiger partial charge in [0.2, 0.25) is 5.91 Å². The van der Waals surface area contributed by atoms with Crippen molar-refractivity contribution in [3.63, 3.8) is 0 Å². The van der Waals surface area contributed by atoms with E-state index < -0.39 is 0 Å². The van der Waals surface area contributed by atoms with Gasteiger partial charge in [0.25, 0.3) is 0 Å². The molecule has 2 aromatic rings. The number of para-hydroxylation sites is 2. The number of rotatable bonds is 6. The highest BCUT2D eigenvalue weighted by Gasteiger charge is 2.40. The largest absolute Gasteiger partial charge is 0.419 e. The van der Waals surface area contributed by atoms with Gasteiger partial charge in [-0.25, -0.2) is 4.79 Å². The van der Waals surface area contributed by atoms with Crippen LogP contribution in [-0.2, 0) is 11.3 Å². The Kier molecular flexibility index (Phi) is 5.08. The minimum Gasteiger partial charge on any atom is -0.408 e. The second-order valence-electron chi connectivity index (χ2n) is 8.30. The van der Waals surface area contributed by atoms with Crippen LogP contribution in [0.3, 0.4) is 0 Å². The fourth-order valence-electron chi connectivity index (χ4n) is 4.76.